The predicted octanol–water partition coefficient (Wildman–Crippen LogP) is 4.88. The highest BCUT2D eigenvalue weighted by atomic mass is 16.7. The van der Waals surface area contributed by atoms with Crippen LogP contribution in [0.3, 0.4) is 0 Å². The number of ether oxygens (including phenoxy) is 3. The number of hydrogen-bond acceptors (Lipinski definition) is 5. The fraction of sp³-hybridized carbons (Fsp3) is 0.760. The van der Waals surface area contributed by atoms with Gasteiger partial charge in [-0.3, -0.25) is 4.79 Å². The number of carbonyl (C=O) groups is 2. The van der Waals surface area contributed by atoms with Gasteiger partial charge in [0.25, 0.3) is 0 Å². The summed E-state index contributed by atoms with van der Waals surface area (Å²) in [5.74, 6) is -2.27. The van der Waals surface area contributed by atoms with E-state index in [-0.39, 0.29) is 30.3 Å². The molecule has 0 unspecified atom stereocenters. The van der Waals surface area contributed by atoms with Crippen LogP contribution in [0.25, 0.3) is 0 Å². The van der Waals surface area contributed by atoms with Crippen molar-refractivity contribution in [2.75, 3.05) is 0 Å². The first-order valence-electron chi connectivity index (χ1n) is 11.3. The SMILES string of the molecule is C=C[C@]1(C)CC[C@@H]2[C@@](C)(O[C@H]3C[C@H](OC(=O)/C(C)=C\C)C(C)(C)[C@@H](CC(=O)O)[C@]32C)O1. The van der Waals surface area contributed by atoms with Crippen LogP contribution in [0, 0.1) is 22.7 Å². The van der Waals surface area contributed by atoms with Gasteiger partial charge in [-0.1, -0.05) is 32.9 Å². The Morgan fingerprint density at radius 1 is 1.23 bits per heavy atom. The van der Waals surface area contributed by atoms with Crippen molar-refractivity contribution in [3.05, 3.63) is 24.3 Å². The normalized spacial score (nSPS) is 44.2. The lowest BCUT2D eigenvalue weighted by Gasteiger charge is -2.57. The van der Waals surface area contributed by atoms with Crippen LogP contribution < -0.4 is 0 Å². The Hall–Kier alpha value is -1.66. The van der Waals surface area contributed by atoms with Gasteiger partial charge in [0.05, 0.1) is 11.7 Å². The standard InChI is InChI=1S/C25H38O6/c1-9-15(3)21(28)29-18-14-19-24(7,17(13-20(26)27)22(18,4)5)16-11-12-23(6,10-2)31-25(16,8)30-19/h9-10,16-19H,2,11-14H2,1,3-8H3,(H,26,27)/b15-9-/t16-,17+,18-,19-,23+,24+,25-/m0/s1. The van der Waals surface area contributed by atoms with E-state index in [0.717, 1.165) is 12.8 Å². The molecule has 0 aromatic rings. The maximum Gasteiger partial charge on any atom is 0.333 e. The molecule has 1 aliphatic carbocycles. The third kappa shape index (κ3) is 3.76. The molecule has 2 saturated heterocycles. The maximum absolute atomic E-state index is 12.6. The van der Waals surface area contributed by atoms with Gasteiger partial charge in [0.2, 0.25) is 0 Å². The van der Waals surface area contributed by atoms with E-state index >= 15 is 0 Å². The average Bonchev–Trinajstić information content (AvgIpc) is 2.90. The molecule has 3 fully saturated rings. The highest BCUT2D eigenvalue weighted by Crippen LogP contribution is 2.67. The van der Waals surface area contributed by atoms with Crippen LogP contribution in [-0.4, -0.2) is 40.6 Å². The third-order valence-electron chi connectivity index (χ3n) is 8.54. The molecule has 31 heavy (non-hydrogen) atoms. The molecule has 6 heteroatoms. The Balaban J connectivity index is 2.03. The monoisotopic (exact) mass is 434 g/mol. The summed E-state index contributed by atoms with van der Waals surface area (Å²) in [5.41, 5.74) is -0.905. The van der Waals surface area contributed by atoms with Crippen molar-refractivity contribution >= 4 is 11.9 Å². The number of rotatable bonds is 5. The zero-order chi connectivity index (χ0) is 23.4. The summed E-state index contributed by atoms with van der Waals surface area (Å²) < 4.78 is 19.0. The molecule has 3 rings (SSSR count). The van der Waals surface area contributed by atoms with Gasteiger partial charge in [-0.2, -0.15) is 0 Å². The lowest BCUT2D eigenvalue weighted by atomic mass is 9.48. The zero-order valence-electron chi connectivity index (χ0n) is 20.0. The quantitative estimate of drug-likeness (QED) is 0.377. The molecule has 0 bridgehead atoms. The molecular formula is C25H38O6. The molecule has 174 valence electrons. The summed E-state index contributed by atoms with van der Waals surface area (Å²) >= 11 is 0. The van der Waals surface area contributed by atoms with Gasteiger partial charge in [0.15, 0.2) is 5.79 Å². The van der Waals surface area contributed by atoms with Crippen LogP contribution in [0.15, 0.2) is 24.3 Å². The van der Waals surface area contributed by atoms with E-state index in [0.29, 0.717) is 12.0 Å². The molecule has 1 saturated carbocycles. The first-order valence-corrected chi connectivity index (χ1v) is 11.3. The van der Waals surface area contributed by atoms with Crippen LogP contribution in [0.1, 0.15) is 74.1 Å². The molecule has 1 N–H and O–H groups in total. The number of hydrogen-bond donors (Lipinski definition) is 1. The average molecular weight is 435 g/mol. The topological polar surface area (TPSA) is 82.1 Å². The van der Waals surface area contributed by atoms with Crippen molar-refractivity contribution in [1.29, 1.82) is 0 Å². The Morgan fingerprint density at radius 3 is 2.42 bits per heavy atom. The molecule has 0 aromatic heterocycles. The van der Waals surface area contributed by atoms with Gasteiger partial charge in [-0.05, 0) is 46.5 Å². The van der Waals surface area contributed by atoms with Crippen LogP contribution in [0.2, 0.25) is 0 Å². The van der Waals surface area contributed by atoms with Crippen molar-refractivity contribution < 1.29 is 28.9 Å². The number of esters is 1. The van der Waals surface area contributed by atoms with Crippen molar-refractivity contribution in [2.24, 2.45) is 22.7 Å². The molecule has 0 radical (unpaired) electrons. The van der Waals surface area contributed by atoms with Gasteiger partial charge in [0, 0.05) is 35.2 Å². The minimum atomic E-state index is -0.851. The summed E-state index contributed by atoms with van der Waals surface area (Å²) in [6.07, 6.45) is 5.01. The zero-order valence-corrected chi connectivity index (χ0v) is 20.0. The summed E-state index contributed by atoms with van der Waals surface area (Å²) in [4.78, 5) is 24.5. The van der Waals surface area contributed by atoms with Crippen LogP contribution in [-0.2, 0) is 23.8 Å². The van der Waals surface area contributed by atoms with E-state index < -0.39 is 34.3 Å². The molecule has 6 nitrogen and oxygen atoms in total. The van der Waals surface area contributed by atoms with E-state index in [1.54, 1.807) is 19.9 Å². The molecule has 0 spiro atoms. The van der Waals surface area contributed by atoms with Crippen molar-refractivity contribution in [3.8, 4) is 0 Å². The molecule has 0 amide bonds. The van der Waals surface area contributed by atoms with Crippen LogP contribution in [0.5, 0.6) is 0 Å². The maximum atomic E-state index is 12.6. The number of allylic oxidation sites excluding steroid dienone is 1. The smallest absolute Gasteiger partial charge is 0.333 e. The highest BCUT2D eigenvalue weighted by molar-refractivity contribution is 5.87. The highest BCUT2D eigenvalue weighted by Gasteiger charge is 2.70. The van der Waals surface area contributed by atoms with Crippen LogP contribution in [0.4, 0.5) is 0 Å². The Morgan fingerprint density at radius 2 is 1.87 bits per heavy atom. The molecule has 7 atom stereocenters. The van der Waals surface area contributed by atoms with Crippen molar-refractivity contribution in [1.82, 2.24) is 0 Å². The lowest BCUT2D eigenvalue weighted by Crippen LogP contribution is -2.60. The molecule has 0 aromatic carbocycles. The van der Waals surface area contributed by atoms with E-state index in [1.807, 2.05) is 33.8 Å². The van der Waals surface area contributed by atoms with E-state index in [4.69, 9.17) is 14.2 Å². The number of carbonyl (C=O) groups excluding carboxylic acids is 1. The number of fused-ring (bicyclic) bond motifs is 3. The second-order valence-corrected chi connectivity index (χ2v) is 10.8. The van der Waals surface area contributed by atoms with Gasteiger partial charge in [0.1, 0.15) is 6.10 Å². The summed E-state index contributed by atoms with van der Waals surface area (Å²) in [6.45, 7) is 17.6. The van der Waals surface area contributed by atoms with Crippen LogP contribution >= 0.6 is 0 Å². The fourth-order valence-electron chi connectivity index (χ4n) is 6.53. The second-order valence-electron chi connectivity index (χ2n) is 10.8. The Bertz CT molecular complexity index is 800. The fourth-order valence-corrected chi connectivity index (χ4v) is 6.53. The van der Waals surface area contributed by atoms with Crippen molar-refractivity contribution in [2.45, 2.75) is 97.7 Å². The first-order chi connectivity index (χ1) is 14.2. The molecular weight excluding hydrogens is 396 g/mol. The summed E-state index contributed by atoms with van der Waals surface area (Å²) in [6, 6.07) is 0. The first kappa shape index (κ1) is 24.0. The minimum absolute atomic E-state index is 0.00862. The predicted molar refractivity (Wildman–Crippen MR) is 117 cm³/mol. The molecule has 2 aliphatic heterocycles. The van der Waals surface area contributed by atoms with Crippen molar-refractivity contribution in [3.63, 3.8) is 0 Å². The molecule has 3 aliphatic rings. The lowest BCUT2D eigenvalue weighted by molar-refractivity contribution is -0.293. The van der Waals surface area contributed by atoms with E-state index in [1.165, 1.54) is 0 Å². The van der Waals surface area contributed by atoms with E-state index in [2.05, 4.69) is 13.5 Å². The van der Waals surface area contributed by atoms with Gasteiger partial charge < -0.3 is 19.3 Å². The van der Waals surface area contributed by atoms with Gasteiger partial charge >= 0.3 is 11.9 Å². The molecule has 2 heterocycles. The van der Waals surface area contributed by atoms with Gasteiger partial charge in [-0.25, -0.2) is 4.79 Å². The summed E-state index contributed by atoms with van der Waals surface area (Å²) in [7, 11) is 0. The number of carboxylic acids is 1. The largest absolute Gasteiger partial charge is 0.481 e. The second kappa shape index (κ2) is 7.73. The van der Waals surface area contributed by atoms with Gasteiger partial charge in [-0.15, -0.1) is 6.58 Å². The minimum Gasteiger partial charge on any atom is -0.481 e. The van der Waals surface area contributed by atoms with E-state index in [9.17, 15) is 14.7 Å². The number of carboxylic acid groups (broad SMARTS) is 1. The summed E-state index contributed by atoms with van der Waals surface area (Å²) in [5, 5.41) is 9.81. The Labute approximate surface area is 186 Å². The number of aliphatic carboxylic acids is 1. The Kier molecular flexibility index (Phi) is 5.98. The third-order valence-corrected chi connectivity index (χ3v) is 8.54.